The van der Waals surface area contributed by atoms with Gasteiger partial charge in [-0.25, -0.2) is 9.59 Å². The minimum Gasteiger partial charge on any atom is -0.478 e. The number of aromatic carboxylic acids is 2. The summed E-state index contributed by atoms with van der Waals surface area (Å²) in [6.07, 6.45) is 0. The van der Waals surface area contributed by atoms with E-state index in [0.717, 1.165) is 17.1 Å². The molecular formula is C19H17NO4. The van der Waals surface area contributed by atoms with E-state index < -0.39 is 11.9 Å². The summed E-state index contributed by atoms with van der Waals surface area (Å²) in [7, 11) is 0. The third-order valence-electron chi connectivity index (χ3n) is 3.39. The average Bonchev–Trinajstić information content (AvgIpc) is 2.55. The minimum atomic E-state index is -1.12. The van der Waals surface area contributed by atoms with Gasteiger partial charge in [0, 0.05) is 11.1 Å². The molecule has 5 heteroatoms. The van der Waals surface area contributed by atoms with Crippen LogP contribution in [-0.2, 0) is 0 Å². The fourth-order valence-electron chi connectivity index (χ4n) is 2.28. The Hall–Kier alpha value is -3.34. The topological polar surface area (TPSA) is 101 Å². The van der Waals surface area contributed by atoms with E-state index in [0.29, 0.717) is 5.56 Å². The van der Waals surface area contributed by atoms with Gasteiger partial charge in [0.05, 0.1) is 11.1 Å². The van der Waals surface area contributed by atoms with Gasteiger partial charge in [0.15, 0.2) is 0 Å². The third kappa shape index (κ3) is 4.10. The molecule has 3 aromatic carbocycles. The predicted octanol–water partition coefficient (Wildman–Crippen LogP) is 3.81. The molecular weight excluding hydrogens is 306 g/mol. The van der Waals surface area contributed by atoms with Crippen LogP contribution in [0.2, 0.25) is 0 Å². The Labute approximate surface area is 139 Å². The molecule has 0 aromatic heterocycles. The Morgan fingerprint density at radius 2 is 1.38 bits per heavy atom. The van der Waals surface area contributed by atoms with E-state index in [1.807, 2.05) is 30.3 Å². The number of nitrogen functional groups attached to an aromatic ring is 1. The smallest absolute Gasteiger partial charge is 0.335 e. The first-order valence-corrected chi connectivity index (χ1v) is 7.20. The summed E-state index contributed by atoms with van der Waals surface area (Å²) in [6, 6.07) is 18.0. The SMILES string of the molecule is Cc1cc(C(=O)O)cc(C(=O)O)c1.Nc1cccc2ccccc12. The summed E-state index contributed by atoms with van der Waals surface area (Å²) < 4.78 is 0. The number of carbonyl (C=O) groups is 2. The van der Waals surface area contributed by atoms with Gasteiger partial charge >= 0.3 is 11.9 Å². The van der Waals surface area contributed by atoms with Gasteiger partial charge in [-0.05, 0) is 42.1 Å². The van der Waals surface area contributed by atoms with Crippen LogP contribution in [0.5, 0.6) is 0 Å². The van der Waals surface area contributed by atoms with Crippen LogP contribution in [0.4, 0.5) is 5.69 Å². The number of hydrogen-bond acceptors (Lipinski definition) is 3. The largest absolute Gasteiger partial charge is 0.478 e. The molecule has 0 radical (unpaired) electrons. The number of carboxylic acids is 2. The molecule has 5 nitrogen and oxygen atoms in total. The summed E-state index contributed by atoms with van der Waals surface area (Å²) >= 11 is 0. The van der Waals surface area contributed by atoms with Crippen LogP contribution in [0, 0.1) is 6.92 Å². The molecule has 4 N–H and O–H groups in total. The molecule has 0 spiro atoms. The monoisotopic (exact) mass is 323 g/mol. The minimum absolute atomic E-state index is 0.00241. The van der Waals surface area contributed by atoms with E-state index in [9.17, 15) is 9.59 Å². The number of anilines is 1. The zero-order chi connectivity index (χ0) is 17.7. The van der Waals surface area contributed by atoms with Crippen LogP contribution >= 0.6 is 0 Å². The summed E-state index contributed by atoms with van der Waals surface area (Å²) in [5, 5.41) is 19.6. The molecule has 0 amide bonds. The highest BCUT2D eigenvalue weighted by atomic mass is 16.4. The zero-order valence-electron chi connectivity index (χ0n) is 13.1. The number of carboxylic acid groups (broad SMARTS) is 2. The Bertz CT molecular complexity index is 865. The second kappa shape index (κ2) is 7.28. The van der Waals surface area contributed by atoms with E-state index in [1.54, 1.807) is 6.92 Å². The molecule has 0 aliphatic rings. The van der Waals surface area contributed by atoms with Crippen molar-refractivity contribution >= 4 is 28.4 Å². The highest BCUT2D eigenvalue weighted by Crippen LogP contribution is 2.19. The van der Waals surface area contributed by atoms with Gasteiger partial charge in [-0.3, -0.25) is 0 Å². The average molecular weight is 323 g/mol. The molecule has 0 aliphatic carbocycles. The number of benzene rings is 3. The summed E-state index contributed by atoms with van der Waals surface area (Å²) in [4.78, 5) is 21.1. The van der Waals surface area contributed by atoms with Crippen molar-refractivity contribution in [2.45, 2.75) is 6.92 Å². The van der Waals surface area contributed by atoms with E-state index >= 15 is 0 Å². The Kier molecular flexibility index (Phi) is 5.16. The Morgan fingerprint density at radius 1 is 0.833 bits per heavy atom. The fraction of sp³-hybridized carbons (Fsp3) is 0.0526. The molecule has 24 heavy (non-hydrogen) atoms. The van der Waals surface area contributed by atoms with E-state index in [1.165, 1.54) is 17.5 Å². The summed E-state index contributed by atoms with van der Waals surface area (Å²) in [5.74, 6) is -2.24. The fourth-order valence-corrected chi connectivity index (χ4v) is 2.28. The van der Waals surface area contributed by atoms with E-state index in [-0.39, 0.29) is 11.1 Å². The van der Waals surface area contributed by atoms with Crippen LogP contribution in [-0.4, -0.2) is 22.2 Å². The van der Waals surface area contributed by atoms with Gasteiger partial charge in [0.25, 0.3) is 0 Å². The van der Waals surface area contributed by atoms with E-state index in [4.69, 9.17) is 15.9 Å². The molecule has 0 bridgehead atoms. The molecule has 0 saturated carbocycles. The lowest BCUT2D eigenvalue weighted by molar-refractivity contribution is 0.0696. The van der Waals surface area contributed by atoms with Crippen LogP contribution in [0.15, 0.2) is 60.7 Å². The van der Waals surface area contributed by atoms with Gasteiger partial charge in [-0.15, -0.1) is 0 Å². The molecule has 0 saturated heterocycles. The van der Waals surface area contributed by atoms with Crippen molar-refractivity contribution in [2.24, 2.45) is 0 Å². The summed E-state index contributed by atoms with van der Waals surface area (Å²) in [5.41, 5.74) is 7.22. The number of aryl methyl sites for hydroxylation is 1. The number of nitrogens with two attached hydrogens (primary N) is 1. The van der Waals surface area contributed by atoms with Crippen molar-refractivity contribution in [3.63, 3.8) is 0 Å². The number of fused-ring (bicyclic) bond motifs is 1. The maximum atomic E-state index is 10.5. The first-order valence-electron chi connectivity index (χ1n) is 7.20. The van der Waals surface area contributed by atoms with Crippen molar-refractivity contribution in [1.29, 1.82) is 0 Å². The lowest BCUT2D eigenvalue weighted by Gasteiger charge is -1.99. The van der Waals surface area contributed by atoms with Gasteiger partial charge < -0.3 is 15.9 Å². The van der Waals surface area contributed by atoms with Gasteiger partial charge in [-0.2, -0.15) is 0 Å². The number of rotatable bonds is 2. The highest BCUT2D eigenvalue weighted by Gasteiger charge is 2.09. The standard InChI is InChI=1S/C10H9N.C9H8O4/c11-10-7-3-5-8-4-1-2-6-9(8)10;1-5-2-6(8(10)11)4-7(3-5)9(12)13/h1-7H,11H2;2-4H,1H3,(H,10,11)(H,12,13). The maximum Gasteiger partial charge on any atom is 0.335 e. The molecule has 3 aromatic rings. The second-order valence-corrected chi connectivity index (χ2v) is 5.27. The van der Waals surface area contributed by atoms with Crippen LogP contribution in [0.3, 0.4) is 0 Å². The highest BCUT2D eigenvalue weighted by molar-refractivity contribution is 5.94. The molecule has 0 atom stereocenters. The predicted molar refractivity (Wildman–Crippen MR) is 93.5 cm³/mol. The molecule has 0 aliphatic heterocycles. The first-order chi connectivity index (χ1) is 11.4. The van der Waals surface area contributed by atoms with Gasteiger partial charge in [-0.1, -0.05) is 36.4 Å². The van der Waals surface area contributed by atoms with Crippen molar-refractivity contribution in [1.82, 2.24) is 0 Å². The Morgan fingerprint density at radius 3 is 1.92 bits per heavy atom. The number of hydrogen-bond donors (Lipinski definition) is 3. The zero-order valence-corrected chi connectivity index (χ0v) is 13.1. The Balaban J connectivity index is 0.000000175. The van der Waals surface area contributed by atoms with Gasteiger partial charge in [0.1, 0.15) is 0 Å². The quantitative estimate of drug-likeness (QED) is 0.623. The van der Waals surface area contributed by atoms with Crippen LogP contribution < -0.4 is 5.73 Å². The lowest BCUT2D eigenvalue weighted by Crippen LogP contribution is -2.02. The van der Waals surface area contributed by atoms with Crippen molar-refractivity contribution < 1.29 is 19.8 Å². The molecule has 122 valence electrons. The van der Waals surface area contributed by atoms with Crippen LogP contribution in [0.25, 0.3) is 10.8 Å². The van der Waals surface area contributed by atoms with Crippen molar-refractivity contribution in [2.75, 3.05) is 5.73 Å². The van der Waals surface area contributed by atoms with E-state index in [2.05, 4.69) is 12.1 Å². The van der Waals surface area contributed by atoms with Gasteiger partial charge in [0.2, 0.25) is 0 Å². The molecule has 3 rings (SSSR count). The van der Waals surface area contributed by atoms with Crippen molar-refractivity contribution in [3.05, 3.63) is 77.4 Å². The molecule has 0 fully saturated rings. The maximum absolute atomic E-state index is 10.5. The lowest BCUT2D eigenvalue weighted by atomic mass is 10.1. The summed E-state index contributed by atoms with van der Waals surface area (Å²) in [6.45, 7) is 1.65. The molecule has 0 heterocycles. The normalized spacial score (nSPS) is 9.88. The third-order valence-corrected chi connectivity index (χ3v) is 3.39. The first kappa shape index (κ1) is 17.0. The second-order valence-electron chi connectivity index (χ2n) is 5.27. The van der Waals surface area contributed by atoms with Crippen molar-refractivity contribution in [3.8, 4) is 0 Å². The van der Waals surface area contributed by atoms with Crippen LogP contribution in [0.1, 0.15) is 26.3 Å². The molecule has 0 unspecified atom stereocenters.